The Morgan fingerprint density at radius 3 is 2.85 bits per heavy atom. The number of hydrogen-bond donors (Lipinski definition) is 0. The Hall–Kier alpha value is -1.69. The molecule has 0 saturated carbocycles. The van der Waals surface area contributed by atoms with E-state index in [4.69, 9.17) is 11.6 Å². The summed E-state index contributed by atoms with van der Waals surface area (Å²) >= 11 is 6.05. The van der Waals surface area contributed by atoms with E-state index in [1.54, 1.807) is 23.3 Å². The SMILES string of the molecule is CCC1CCCCN1c1nc(Cl)nc(-n2ccnc2)n1. The second-order valence-corrected chi connectivity index (χ2v) is 5.26. The Balaban J connectivity index is 1.96. The number of nitrogens with zero attached hydrogens (tertiary/aromatic N) is 6. The number of anilines is 1. The molecule has 1 atom stereocenters. The highest BCUT2D eigenvalue weighted by Crippen LogP contribution is 2.24. The van der Waals surface area contributed by atoms with E-state index in [0.717, 1.165) is 13.0 Å². The first-order valence-corrected chi connectivity index (χ1v) is 7.32. The van der Waals surface area contributed by atoms with Crippen molar-refractivity contribution in [3.8, 4) is 5.95 Å². The van der Waals surface area contributed by atoms with E-state index in [2.05, 4.69) is 31.8 Å². The Morgan fingerprint density at radius 2 is 2.10 bits per heavy atom. The molecular weight excluding hydrogens is 276 g/mol. The number of halogens is 1. The molecule has 0 radical (unpaired) electrons. The van der Waals surface area contributed by atoms with Crippen molar-refractivity contribution in [2.75, 3.05) is 11.4 Å². The minimum atomic E-state index is 0.221. The quantitative estimate of drug-likeness (QED) is 0.870. The lowest BCUT2D eigenvalue weighted by atomic mass is 10.0. The van der Waals surface area contributed by atoms with Gasteiger partial charge < -0.3 is 4.90 Å². The molecule has 1 aliphatic rings. The maximum Gasteiger partial charge on any atom is 0.241 e. The summed E-state index contributed by atoms with van der Waals surface area (Å²) in [6, 6.07) is 0.484. The molecule has 20 heavy (non-hydrogen) atoms. The summed E-state index contributed by atoms with van der Waals surface area (Å²) in [7, 11) is 0. The van der Waals surface area contributed by atoms with Crippen molar-refractivity contribution in [3.63, 3.8) is 0 Å². The standard InChI is InChI=1S/C13H17ClN6/c1-2-10-5-3-4-7-20(10)13-17-11(14)16-12(18-13)19-8-6-15-9-19/h6,8-10H,2-5,7H2,1H3. The van der Waals surface area contributed by atoms with Crippen molar-refractivity contribution in [2.45, 2.75) is 38.6 Å². The van der Waals surface area contributed by atoms with Crippen LogP contribution in [0.15, 0.2) is 18.7 Å². The summed E-state index contributed by atoms with van der Waals surface area (Å²) in [5.74, 6) is 1.18. The molecule has 0 aliphatic carbocycles. The molecular formula is C13H17ClN6. The van der Waals surface area contributed by atoms with E-state index < -0.39 is 0 Å². The molecule has 0 amide bonds. The van der Waals surface area contributed by atoms with E-state index in [0.29, 0.717) is 17.9 Å². The summed E-state index contributed by atoms with van der Waals surface area (Å²) in [4.78, 5) is 19.3. The molecule has 1 saturated heterocycles. The van der Waals surface area contributed by atoms with Crippen LogP contribution >= 0.6 is 11.6 Å². The van der Waals surface area contributed by atoms with E-state index in [9.17, 15) is 0 Å². The number of aromatic nitrogens is 5. The zero-order valence-corrected chi connectivity index (χ0v) is 12.2. The third kappa shape index (κ3) is 2.60. The van der Waals surface area contributed by atoms with Crippen LogP contribution in [0.2, 0.25) is 5.28 Å². The minimum Gasteiger partial charge on any atom is -0.338 e. The molecule has 2 aromatic heterocycles. The normalized spacial score (nSPS) is 19.3. The van der Waals surface area contributed by atoms with Crippen molar-refractivity contribution in [1.29, 1.82) is 0 Å². The van der Waals surface area contributed by atoms with Gasteiger partial charge in [-0.2, -0.15) is 15.0 Å². The average molecular weight is 293 g/mol. The Bertz CT molecular complexity index is 570. The van der Waals surface area contributed by atoms with Crippen molar-refractivity contribution in [1.82, 2.24) is 24.5 Å². The van der Waals surface area contributed by atoms with Crippen LogP contribution in [-0.4, -0.2) is 37.1 Å². The predicted octanol–water partition coefficient (Wildman–Crippen LogP) is 2.48. The third-order valence-corrected chi connectivity index (χ3v) is 3.84. The molecule has 1 aliphatic heterocycles. The highest BCUT2D eigenvalue weighted by Gasteiger charge is 2.24. The molecule has 6 nitrogen and oxygen atoms in total. The largest absolute Gasteiger partial charge is 0.338 e. The van der Waals surface area contributed by atoms with Crippen LogP contribution in [0.4, 0.5) is 5.95 Å². The fraction of sp³-hybridized carbons (Fsp3) is 0.538. The maximum absolute atomic E-state index is 6.05. The van der Waals surface area contributed by atoms with Crippen molar-refractivity contribution in [2.24, 2.45) is 0 Å². The lowest BCUT2D eigenvalue weighted by Crippen LogP contribution is -2.40. The molecule has 1 fully saturated rings. The van der Waals surface area contributed by atoms with Gasteiger partial charge in [-0.15, -0.1) is 0 Å². The molecule has 3 rings (SSSR count). The summed E-state index contributed by atoms with van der Waals surface area (Å²) < 4.78 is 1.74. The summed E-state index contributed by atoms with van der Waals surface area (Å²) in [6.45, 7) is 3.17. The van der Waals surface area contributed by atoms with Crippen LogP contribution in [0.3, 0.4) is 0 Å². The second kappa shape index (κ2) is 5.75. The van der Waals surface area contributed by atoms with Crippen molar-refractivity contribution in [3.05, 3.63) is 24.0 Å². The second-order valence-electron chi connectivity index (χ2n) is 4.93. The number of piperidine rings is 1. The van der Waals surface area contributed by atoms with Crippen LogP contribution in [0.1, 0.15) is 32.6 Å². The monoisotopic (exact) mass is 292 g/mol. The molecule has 7 heteroatoms. The van der Waals surface area contributed by atoms with Crippen LogP contribution in [0, 0.1) is 0 Å². The predicted molar refractivity (Wildman–Crippen MR) is 77.2 cm³/mol. The number of hydrogen-bond acceptors (Lipinski definition) is 5. The van der Waals surface area contributed by atoms with Gasteiger partial charge in [0.2, 0.25) is 17.2 Å². The summed E-state index contributed by atoms with van der Waals surface area (Å²) in [6.07, 6.45) is 9.84. The van der Waals surface area contributed by atoms with Gasteiger partial charge in [-0.05, 0) is 37.3 Å². The lowest BCUT2D eigenvalue weighted by molar-refractivity contribution is 0.442. The molecule has 0 aromatic carbocycles. The smallest absolute Gasteiger partial charge is 0.241 e. The molecule has 0 N–H and O–H groups in total. The van der Waals surface area contributed by atoms with Crippen molar-refractivity contribution >= 4 is 17.5 Å². The lowest BCUT2D eigenvalue weighted by Gasteiger charge is -2.35. The Morgan fingerprint density at radius 1 is 1.25 bits per heavy atom. The van der Waals surface area contributed by atoms with Gasteiger partial charge in [-0.1, -0.05) is 6.92 Å². The third-order valence-electron chi connectivity index (χ3n) is 3.68. The fourth-order valence-corrected chi connectivity index (χ4v) is 2.79. The van der Waals surface area contributed by atoms with Crippen LogP contribution in [0.5, 0.6) is 0 Å². The molecule has 0 spiro atoms. The van der Waals surface area contributed by atoms with Gasteiger partial charge in [0.15, 0.2) is 0 Å². The van der Waals surface area contributed by atoms with E-state index in [-0.39, 0.29) is 5.28 Å². The van der Waals surface area contributed by atoms with E-state index in [1.807, 2.05) is 0 Å². The minimum absolute atomic E-state index is 0.221. The zero-order valence-electron chi connectivity index (χ0n) is 11.4. The van der Waals surface area contributed by atoms with E-state index in [1.165, 1.54) is 19.3 Å². The Labute approximate surface area is 122 Å². The Kier molecular flexibility index (Phi) is 3.82. The molecule has 106 valence electrons. The average Bonchev–Trinajstić information content (AvgIpc) is 3.01. The fourth-order valence-electron chi connectivity index (χ4n) is 2.64. The van der Waals surface area contributed by atoms with Gasteiger partial charge in [0.25, 0.3) is 0 Å². The van der Waals surface area contributed by atoms with Gasteiger partial charge in [0.1, 0.15) is 6.33 Å². The first-order chi connectivity index (χ1) is 9.78. The highest BCUT2D eigenvalue weighted by molar-refractivity contribution is 6.28. The van der Waals surface area contributed by atoms with Crippen LogP contribution in [-0.2, 0) is 0 Å². The van der Waals surface area contributed by atoms with E-state index >= 15 is 0 Å². The van der Waals surface area contributed by atoms with Gasteiger partial charge in [0, 0.05) is 25.0 Å². The van der Waals surface area contributed by atoms with Gasteiger partial charge >= 0.3 is 0 Å². The molecule has 0 bridgehead atoms. The van der Waals surface area contributed by atoms with Crippen molar-refractivity contribution < 1.29 is 0 Å². The number of rotatable bonds is 3. The van der Waals surface area contributed by atoms with Gasteiger partial charge in [0.05, 0.1) is 0 Å². The topological polar surface area (TPSA) is 59.7 Å². The van der Waals surface area contributed by atoms with Crippen LogP contribution in [0.25, 0.3) is 5.95 Å². The molecule has 2 aromatic rings. The maximum atomic E-state index is 6.05. The first-order valence-electron chi connectivity index (χ1n) is 6.94. The summed E-state index contributed by atoms with van der Waals surface area (Å²) in [5, 5.41) is 0.221. The first kappa shape index (κ1) is 13.3. The van der Waals surface area contributed by atoms with Gasteiger partial charge in [-0.25, -0.2) is 4.98 Å². The molecule has 1 unspecified atom stereocenters. The summed E-state index contributed by atoms with van der Waals surface area (Å²) in [5.41, 5.74) is 0. The highest BCUT2D eigenvalue weighted by atomic mass is 35.5. The number of imidazole rings is 1. The molecule has 3 heterocycles. The van der Waals surface area contributed by atoms with Gasteiger partial charge in [-0.3, -0.25) is 4.57 Å². The zero-order chi connectivity index (χ0) is 13.9. The van der Waals surface area contributed by atoms with Crippen LogP contribution < -0.4 is 4.90 Å².